The van der Waals surface area contributed by atoms with Crippen LogP contribution in [0.2, 0.25) is 0 Å². The van der Waals surface area contributed by atoms with Crippen LogP contribution in [0.4, 0.5) is 0 Å². The van der Waals surface area contributed by atoms with Crippen molar-refractivity contribution in [2.45, 2.75) is 18.9 Å². The summed E-state index contributed by atoms with van der Waals surface area (Å²) in [5.74, 6) is -0.422. The molecule has 0 radical (unpaired) electrons. The van der Waals surface area contributed by atoms with Crippen molar-refractivity contribution in [3.63, 3.8) is 0 Å². The molecule has 1 aromatic heterocycles. The molecule has 0 amide bonds. The summed E-state index contributed by atoms with van der Waals surface area (Å²) >= 11 is 0. The first-order valence-electron chi connectivity index (χ1n) is 6.20. The lowest BCUT2D eigenvalue weighted by atomic mass is 10.2. The lowest BCUT2D eigenvalue weighted by Gasteiger charge is -2.12. The van der Waals surface area contributed by atoms with Crippen LogP contribution in [0.15, 0.2) is 0 Å². The maximum absolute atomic E-state index is 11.7. The lowest BCUT2D eigenvalue weighted by Crippen LogP contribution is -2.17. The first kappa shape index (κ1) is 14.9. The molecule has 2 heterocycles. The number of hydrogen-bond acceptors (Lipinski definition) is 7. The molecule has 1 aliphatic heterocycles. The molecule has 20 heavy (non-hydrogen) atoms. The van der Waals surface area contributed by atoms with Gasteiger partial charge in [-0.25, -0.2) is 17.9 Å². The van der Waals surface area contributed by atoms with Crippen molar-refractivity contribution in [1.29, 1.82) is 0 Å². The largest absolute Gasteiger partial charge is 0.464 e. The third-order valence-corrected chi connectivity index (χ3v) is 5.02. The van der Waals surface area contributed by atoms with Crippen LogP contribution in [-0.2, 0) is 25.7 Å². The minimum atomic E-state index is -3.03. The fourth-order valence-electron chi connectivity index (χ4n) is 2.26. The maximum atomic E-state index is 11.7. The van der Waals surface area contributed by atoms with E-state index in [0.29, 0.717) is 25.1 Å². The van der Waals surface area contributed by atoms with Gasteiger partial charge >= 0.3 is 5.97 Å². The van der Waals surface area contributed by atoms with Gasteiger partial charge in [-0.1, -0.05) is 5.21 Å². The van der Waals surface area contributed by atoms with Gasteiger partial charge in [0.1, 0.15) is 0 Å². The number of carbonyl (C=O) groups is 1. The van der Waals surface area contributed by atoms with E-state index in [1.165, 1.54) is 11.8 Å². The van der Waals surface area contributed by atoms with E-state index in [4.69, 9.17) is 4.74 Å². The van der Waals surface area contributed by atoms with Crippen LogP contribution in [0.3, 0.4) is 0 Å². The van der Waals surface area contributed by atoms with Crippen molar-refractivity contribution in [2.75, 3.05) is 32.3 Å². The Kier molecular flexibility index (Phi) is 4.39. The van der Waals surface area contributed by atoms with Crippen LogP contribution >= 0.6 is 0 Å². The molecular weight excluding hydrogens is 286 g/mol. The third-order valence-electron chi connectivity index (χ3n) is 3.27. The molecule has 2 rings (SSSR count). The minimum absolute atomic E-state index is 0.0248. The van der Waals surface area contributed by atoms with E-state index in [1.807, 2.05) is 0 Å². The topological polar surface area (TPSA) is 100 Å². The molecule has 0 aliphatic carbocycles. The number of methoxy groups -OCH3 is 2. The predicted molar refractivity (Wildman–Crippen MR) is 69.2 cm³/mol. The van der Waals surface area contributed by atoms with Gasteiger partial charge in [-0.3, -0.25) is 0 Å². The first-order chi connectivity index (χ1) is 9.48. The van der Waals surface area contributed by atoms with Gasteiger partial charge in [-0.2, -0.15) is 0 Å². The molecule has 1 saturated heterocycles. The number of nitrogens with zero attached hydrogens (tertiary/aromatic N) is 3. The van der Waals surface area contributed by atoms with Crippen LogP contribution in [0.1, 0.15) is 28.6 Å². The van der Waals surface area contributed by atoms with E-state index < -0.39 is 15.8 Å². The van der Waals surface area contributed by atoms with Crippen LogP contribution in [-0.4, -0.2) is 61.7 Å². The predicted octanol–water partition coefficient (Wildman–Crippen LogP) is -0.387. The Balaban J connectivity index is 2.33. The Morgan fingerprint density at radius 1 is 1.45 bits per heavy atom. The van der Waals surface area contributed by atoms with Gasteiger partial charge in [0.25, 0.3) is 0 Å². The van der Waals surface area contributed by atoms with Crippen molar-refractivity contribution >= 4 is 15.8 Å². The highest BCUT2D eigenvalue weighted by molar-refractivity contribution is 7.91. The van der Waals surface area contributed by atoms with Crippen LogP contribution < -0.4 is 0 Å². The summed E-state index contributed by atoms with van der Waals surface area (Å²) in [4.78, 5) is 11.7. The van der Waals surface area contributed by atoms with Crippen molar-refractivity contribution in [2.24, 2.45) is 0 Å². The van der Waals surface area contributed by atoms with Crippen molar-refractivity contribution in [1.82, 2.24) is 15.0 Å². The Hall–Kier alpha value is -1.48. The molecule has 1 aromatic rings. The van der Waals surface area contributed by atoms with E-state index in [-0.39, 0.29) is 23.2 Å². The van der Waals surface area contributed by atoms with Gasteiger partial charge in [-0.15, -0.1) is 5.10 Å². The van der Waals surface area contributed by atoms with Gasteiger partial charge in [0.15, 0.2) is 15.5 Å². The van der Waals surface area contributed by atoms with Gasteiger partial charge in [-0.05, 0) is 6.42 Å². The molecule has 1 fully saturated rings. The van der Waals surface area contributed by atoms with Gasteiger partial charge in [0.2, 0.25) is 0 Å². The second-order valence-electron chi connectivity index (χ2n) is 4.62. The number of ether oxygens (including phenoxy) is 2. The summed E-state index contributed by atoms with van der Waals surface area (Å²) in [7, 11) is -0.221. The molecule has 0 N–H and O–H groups in total. The zero-order valence-corrected chi connectivity index (χ0v) is 12.2. The molecule has 8 nitrogen and oxygen atoms in total. The number of rotatable bonds is 5. The summed E-state index contributed by atoms with van der Waals surface area (Å²) in [5, 5.41) is 7.75. The maximum Gasteiger partial charge on any atom is 0.360 e. The average molecular weight is 303 g/mol. The summed E-state index contributed by atoms with van der Waals surface area (Å²) in [6.45, 7) is 0.386. The van der Waals surface area contributed by atoms with Crippen molar-refractivity contribution < 1.29 is 22.7 Å². The van der Waals surface area contributed by atoms with Crippen molar-refractivity contribution in [3.05, 3.63) is 11.4 Å². The number of carbonyl (C=O) groups excluding carboxylic acids is 1. The van der Waals surface area contributed by atoms with E-state index in [2.05, 4.69) is 15.0 Å². The van der Waals surface area contributed by atoms with E-state index in [9.17, 15) is 13.2 Å². The quantitative estimate of drug-likeness (QED) is 0.683. The fraction of sp³-hybridized carbons (Fsp3) is 0.727. The number of hydrogen-bond donors (Lipinski definition) is 0. The zero-order chi connectivity index (χ0) is 14.8. The molecular formula is C11H17N3O5S. The summed E-state index contributed by atoms with van der Waals surface area (Å²) in [5.41, 5.74) is 0.676. The number of esters is 1. The Morgan fingerprint density at radius 2 is 2.20 bits per heavy atom. The SMILES string of the molecule is COCCc1c(C(=O)OC)nnn1C1CCS(=O)(=O)C1. The molecule has 1 atom stereocenters. The molecule has 9 heteroatoms. The van der Waals surface area contributed by atoms with Crippen LogP contribution in [0.25, 0.3) is 0 Å². The highest BCUT2D eigenvalue weighted by Gasteiger charge is 2.33. The number of sulfone groups is 1. The normalized spacial score (nSPS) is 21.0. The Morgan fingerprint density at radius 3 is 2.75 bits per heavy atom. The number of aromatic nitrogens is 3. The highest BCUT2D eigenvalue weighted by atomic mass is 32.2. The molecule has 112 valence electrons. The fourth-order valence-corrected chi connectivity index (χ4v) is 3.95. The standard InChI is InChI=1S/C11H17N3O5S/c1-18-5-3-9-10(11(15)19-2)12-13-14(9)8-4-6-20(16,17)7-8/h8H,3-7H2,1-2H3. The second-order valence-corrected chi connectivity index (χ2v) is 6.85. The molecule has 0 bridgehead atoms. The monoisotopic (exact) mass is 303 g/mol. The van der Waals surface area contributed by atoms with E-state index in [1.54, 1.807) is 7.11 Å². The summed E-state index contributed by atoms with van der Waals surface area (Å²) in [6, 6.07) is -0.280. The van der Waals surface area contributed by atoms with Gasteiger partial charge in [0.05, 0.1) is 37.0 Å². The average Bonchev–Trinajstić information content (AvgIpc) is 2.98. The zero-order valence-electron chi connectivity index (χ0n) is 11.4. The third kappa shape index (κ3) is 2.98. The van der Waals surface area contributed by atoms with Gasteiger partial charge in [0, 0.05) is 13.5 Å². The van der Waals surface area contributed by atoms with Crippen LogP contribution in [0.5, 0.6) is 0 Å². The van der Waals surface area contributed by atoms with E-state index >= 15 is 0 Å². The molecule has 1 unspecified atom stereocenters. The van der Waals surface area contributed by atoms with Gasteiger partial charge < -0.3 is 9.47 Å². The minimum Gasteiger partial charge on any atom is -0.464 e. The molecule has 1 aliphatic rings. The summed E-state index contributed by atoms with van der Waals surface area (Å²) in [6.07, 6.45) is 0.900. The lowest BCUT2D eigenvalue weighted by molar-refractivity contribution is 0.0592. The Labute approximate surface area is 117 Å². The van der Waals surface area contributed by atoms with E-state index in [0.717, 1.165) is 0 Å². The smallest absolute Gasteiger partial charge is 0.360 e. The van der Waals surface area contributed by atoms with Crippen LogP contribution in [0, 0.1) is 0 Å². The first-order valence-corrected chi connectivity index (χ1v) is 8.02. The van der Waals surface area contributed by atoms with Crippen molar-refractivity contribution in [3.8, 4) is 0 Å². The molecule has 0 aromatic carbocycles. The second kappa shape index (κ2) is 5.88. The molecule has 0 spiro atoms. The summed E-state index contributed by atoms with van der Waals surface area (Å²) < 4.78 is 34.3. The molecule has 0 saturated carbocycles. The Bertz CT molecular complexity index is 595. The highest BCUT2D eigenvalue weighted by Crippen LogP contribution is 2.25.